The van der Waals surface area contributed by atoms with Gasteiger partial charge in [-0.05, 0) is 31.1 Å². The molecule has 0 aliphatic heterocycles. The molecule has 6 heteroatoms. The fraction of sp³-hybridized carbons (Fsp3) is 0.714. The number of urea groups is 1. The molecular formula is C14H23N3O2S. The lowest BCUT2D eigenvalue weighted by Gasteiger charge is -2.29. The summed E-state index contributed by atoms with van der Waals surface area (Å²) in [7, 11) is 0. The fourth-order valence-corrected chi connectivity index (χ4v) is 3.28. The number of nitrogens with one attached hydrogen (secondary N) is 2. The van der Waals surface area contributed by atoms with E-state index in [9.17, 15) is 9.90 Å². The lowest BCUT2D eigenvalue weighted by atomic mass is 9.87. The number of aliphatic hydroxyl groups is 1. The van der Waals surface area contributed by atoms with Gasteiger partial charge in [-0.2, -0.15) is 0 Å². The fourth-order valence-electron chi connectivity index (χ4n) is 2.23. The second-order valence-corrected chi connectivity index (χ2v) is 7.38. The van der Waals surface area contributed by atoms with Crippen LogP contribution in [-0.4, -0.2) is 28.8 Å². The normalized spacial score (nSPS) is 16.4. The van der Waals surface area contributed by atoms with E-state index in [4.69, 9.17) is 0 Å². The third-order valence-corrected chi connectivity index (χ3v) is 4.67. The summed E-state index contributed by atoms with van der Waals surface area (Å²) in [6, 6.07) is -0.581. The van der Waals surface area contributed by atoms with Gasteiger partial charge in [0.05, 0.1) is 18.3 Å². The van der Waals surface area contributed by atoms with Crippen molar-refractivity contribution in [2.75, 3.05) is 11.9 Å². The van der Waals surface area contributed by atoms with E-state index < -0.39 is 0 Å². The van der Waals surface area contributed by atoms with Crippen LogP contribution in [0.1, 0.15) is 44.2 Å². The number of rotatable bonds is 3. The van der Waals surface area contributed by atoms with Crippen LogP contribution in [0.5, 0.6) is 0 Å². The molecule has 0 unspecified atom stereocenters. The van der Waals surface area contributed by atoms with Crippen molar-refractivity contribution in [1.82, 2.24) is 10.3 Å². The zero-order valence-corrected chi connectivity index (χ0v) is 13.1. The van der Waals surface area contributed by atoms with Gasteiger partial charge in [0.2, 0.25) is 0 Å². The molecule has 0 saturated carbocycles. The van der Waals surface area contributed by atoms with Gasteiger partial charge in [0, 0.05) is 4.88 Å². The number of carbonyl (C=O) groups is 1. The highest BCUT2D eigenvalue weighted by Gasteiger charge is 2.26. The van der Waals surface area contributed by atoms with Crippen LogP contribution in [-0.2, 0) is 12.8 Å². The summed E-state index contributed by atoms with van der Waals surface area (Å²) in [5, 5.41) is 15.6. The highest BCUT2D eigenvalue weighted by atomic mass is 32.1. The maximum absolute atomic E-state index is 12.0. The number of carbonyl (C=O) groups excluding carboxylic acids is 1. The highest BCUT2D eigenvalue weighted by molar-refractivity contribution is 7.15. The summed E-state index contributed by atoms with van der Waals surface area (Å²) in [5.74, 6) is 0. The van der Waals surface area contributed by atoms with Crippen LogP contribution in [0.4, 0.5) is 9.93 Å². The van der Waals surface area contributed by atoms with Crippen molar-refractivity contribution >= 4 is 22.5 Å². The largest absolute Gasteiger partial charge is 0.394 e. The van der Waals surface area contributed by atoms with Crippen molar-refractivity contribution in [3.8, 4) is 0 Å². The van der Waals surface area contributed by atoms with Crippen molar-refractivity contribution in [2.24, 2.45) is 5.41 Å². The molecule has 0 aromatic carbocycles. The summed E-state index contributed by atoms with van der Waals surface area (Å²) in [5.41, 5.74) is 0.944. The minimum atomic E-state index is -0.301. The number of thiazole rings is 1. The van der Waals surface area contributed by atoms with E-state index in [1.807, 2.05) is 20.8 Å². The van der Waals surface area contributed by atoms with E-state index >= 15 is 0 Å². The monoisotopic (exact) mass is 297 g/mol. The first kappa shape index (κ1) is 15.3. The number of aryl methyl sites for hydroxylation is 2. The predicted octanol–water partition coefficient (Wildman–Crippen LogP) is 2.55. The Morgan fingerprint density at radius 2 is 2.10 bits per heavy atom. The van der Waals surface area contributed by atoms with E-state index in [0.717, 1.165) is 18.5 Å². The Kier molecular flexibility index (Phi) is 4.65. The van der Waals surface area contributed by atoms with Gasteiger partial charge in [-0.3, -0.25) is 5.32 Å². The van der Waals surface area contributed by atoms with Gasteiger partial charge in [-0.15, -0.1) is 11.3 Å². The van der Waals surface area contributed by atoms with E-state index in [1.54, 1.807) is 11.3 Å². The Morgan fingerprint density at radius 1 is 1.40 bits per heavy atom. The van der Waals surface area contributed by atoms with Crippen LogP contribution in [0, 0.1) is 5.41 Å². The second-order valence-electron chi connectivity index (χ2n) is 6.30. The SMILES string of the molecule is CC(C)(C)[C@@H](CO)NC(=O)Nc1nc2c(s1)CCCC2. The van der Waals surface area contributed by atoms with Gasteiger partial charge < -0.3 is 10.4 Å². The molecular weight excluding hydrogens is 274 g/mol. The topological polar surface area (TPSA) is 74.2 Å². The van der Waals surface area contributed by atoms with Crippen molar-refractivity contribution in [1.29, 1.82) is 0 Å². The van der Waals surface area contributed by atoms with Gasteiger partial charge >= 0.3 is 6.03 Å². The molecule has 20 heavy (non-hydrogen) atoms. The molecule has 0 bridgehead atoms. The minimum Gasteiger partial charge on any atom is -0.394 e. The smallest absolute Gasteiger partial charge is 0.321 e. The molecule has 2 rings (SSSR count). The maximum Gasteiger partial charge on any atom is 0.321 e. The van der Waals surface area contributed by atoms with Gasteiger partial charge in [0.15, 0.2) is 5.13 Å². The Morgan fingerprint density at radius 3 is 2.70 bits per heavy atom. The van der Waals surface area contributed by atoms with E-state index in [-0.39, 0.29) is 24.1 Å². The van der Waals surface area contributed by atoms with Gasteiger partial charge in [0.1, 0.15) is 0 Å². The molecule has 1 aromatic heterocycles. The predicted molar refractivity (Wildman–Crippen MR) is 81.2 cm³/mol. The molecule has 0 radical (unpaired) electrons. The number of amides is 2. The van der Waals surface area contributed by atoms with Gasteiger partial charge in [0.25, 0.3) is 0 Å². The second kappa shape index (κ2) is 6.10. The van der Waals surface area contributed by atoms with Crippen LogP contribution in [0.2, 0.25) is 0 Å². The Hall–Kier alpha value is -1.14. The van der Waals surface area contributed by atoms with Crippen molar-refractivity contribution in [3.05, 3.63) is 10.6 Å². The lowest BCUT2D eigenvalue weighted by molar-refractivity contribution is 0.162. The van der Waals surface area contributed by atoms with Crippen LogP contribution < -0.4 is 10.6 Å². The van der Waals surface area contributed by atoms with Crippen LogP contribution in [0.15, 0.2) is 0 Å². The molecule has 112 valence electrons. The van der Waals surface area contributed by atoms with E-state index in [0.29, 0.717) is 5.13 Å². The van der Waals surface area contributed by atoms with Crippen LogP contribution >= 0.6 is 11.3 Å². The zero-order valence-electron chi connectivity index (χ0n) is 12.3. The van der Waals surface area contributed by atoms with E-state index in [2.05, 4.69) is 15.6 Å². The lowest BCUT2D eigenvalue weighted by Crippen LogP contribution is -2.47. The first-order valence-electron chi connectivity index (χ1n) is 7.07. The number of nitrogens with zero attached hydrogens (tertiary/aromatic N) is 1. The molecule has 1 aromatic rings. The molecule has 0 spiro atoms. The van der Waals surface area contributed by atoms with Crippen molar-refractivity contribution < 1.29 is 9.90 Å². The number of fused-ring (bicyclic) bond motifs is 1. The zero-order chi connectivity index (χ0) is 14.8. The minimum absolute atomic E-state index is 0.0781. The Bertz CT molecular complexity index is 456. The molecule has 5 nitrogen and oxygen atoms in total. The summed E-state index contributed by atoms with van der Waals surface area (Å²) < 4.78 is 0. The molecule has 1 atom stereocenters. The van der Waals surface area contributed by atoms with Crippen molar-refractivity contribution in [2.45, 2.75) is 52.5 Å². The van der Waals surface area contributed by atoms with Crippen LogP contribution in [0.25, 0.3) is 0 Å². The number of aliphatic hydroxyl groups excluding tert-OH is 1. The first-order valence-corrected chi connectivity index (χ1v) is 7.89. The molecule has 1 heterocycles. The summed E-state index contributed by atoms with van der Waals surface area (Å²) >= 11 is 1.56. The standard InChI is InChI=1S/C14H23N3O2S/c1-14(2,3)11(8-18)16-12(19)17-13-15-9-6-4-5-7-10(9)20-13/h11,18H,4-8H2,1-3H3,(H2,15,16,17,19)/t11-/m1/s1. The molecule has 3 N–H and O–H groups in total. The molecule has 2 amide bonds. The Labute approximate surface area is 123 Å². The summed E-state index contributed by atoms with van der Waals surface area (Å²) in [6.45, 7) is 5.87. The third-order valence-electron chi connectivity index (χ3n) is 3.60. The maximum atomic E-state index is 12.0. The Balaban J connectivity index is 1.96. The van der Waals surface area contributed by atoms with Gasteiger partial charge in [-0.25, -0.2) is 9.78 Å². The summed E-state index contributed by atoms with van der Waals surface area (Å²) in [4.78, 5) is 17.7. The molecule has 1 aliphatic rings. The molecule has 0 saturated heterocycles. The number of hydrogen-bond acceptors (Lipinski definition) is 4. The molecule has 0 fully saturated rings. The van der Waals surface area contributed by atoms with E-state index in [1.165, 1.54) is 17.7 Å². The average Bonchev–Trinajstić information content (AvgIpc) is 2.76. The summed E-state index contributed by atoms with van der Waals surface area (Å²) in [6.07, 6.45) is 4.46. The number of anilines is 1. The quantitative estimate of drug-likeness (QED) is 0.802. The third kappa shape index (κ3) is 3.70. The number of hydrogen-bond donors (Lipinski definition) is 3. The average molecular weight is 297 g/mol. The highest BCUT2D eigenvalue weighted by Crippen LogP contribution is 2.29. The van der Waals surface area contributed by atoms with Crippen LogP contribution in [0.3, 0.4) is 0 Å². The number of aromatic nitrogens is 1. The first-order chi connectivity index (χ1) is 9.40. The van der Waals surface area contributed by atoms with Crippen molar-refractivity contribution in [3.63, 3.8) is 0 Å². The van der Waals surface area contributed by atoms with Gasteiger partial charge in [-0.1, -0.05) is 20.8 Å². The molecule has 1 aliphatic carbocycles.